The average molecular weight is 365 g/mol. The maximum absolute atomic E-state index is 13.2. The highest BCUT2D eigenvalue weighted by Gasteiger charge is 2.34. The summed E-state index contributed by atoms with van der Waals surface area (Å²) in [6, 6.07) is 7.87. The third-order valence-corrected chi connectivity index (χ3v) is 5.12. The Balaban J connectivity index is 2.22. The topological polar surface area (TPSA) is 32.8 Å². The van der Waals surface area contributed by atoms with E-state index in [1.54, 1.807) is 0 Å². The molecule has 4 nitrogen and oxygen atoms in total. The summed E-state index contributed by atoms with van der Waals surface area (Å²) in [5.74, 6) is 0.0558. The number of likely N-dealkylation sites (N-methyl/N-ethyl adjacent to an activating group) is 1. The fourth-order valence-corrected chi connectivity index (χ4v) is 3.35. The van der Waals surface area contributed by atoms with E-state index < -0.39 is 5.54 Å². The molecule has 2 rings (SSSR count). The summed E-state index contributed by atoms with van der Waals surface area (Å²) in [4.78, 5) is 17.4. The van der Waals surface area contributed by atoms with Crippen LogP contribution in [0.2, 0.25) is 0 Å². The number of carbonyl (C=O) groups excluding carboxylic acids is 1. The lowest BCUT2D eigenvalue weighted by Gasteiger charge is -2.33. The molecule has 1 saturated heterocycles. The number of hydrogen-bond acceptors (Lipinski definition) is 4. The number of rotatable bonds is 7. The second-order valence-corrected chi connectivity index (χ2v) is 7.34. The van der Waals surface area contributed by atoms with Crippen molar-refractivity contribution in [2.45, 2.75) is 32.2 Å². The fourth-order valence-electron chi connectivity index (χ4n) is 2.95. The first-order valence-electron chi connectivity index (χ1n) is 8.90. The maximum Gasteiger partial charge on any atom is 0.186 e. The second kappa shape index (κ2) is 8.84. The molecule has 138 valence electrons. The van der Waals surface area contributed by atoms with Crippen molar-refractivity contribution in [3.63, 3.8) is 0 Å². The van der Waals surface area contributed by atoms with E-state index in [-0.39, 0.29) is 5.78 Å². The second-order valence-electron chi connectivity index (χ2n) is 6.86. The molecule has 0 saturated carbocycles. The Morgan fingerprint density at radius 3 is 2.40 bits per heavy atom. The summed E-state index contributed by atoms with van der Waals surface area (Å²) >= 11 is 6.33. The average Bonchev–Trinajstić information content (AvgIpc) is 2.62. The Morgan fingerprint density at radius 2 is 1.88 bits per heavy atom. The van der Waals surface area contributed by atoms with Crippen molar-refractivity contribution in [3.05, 3.63) is 40.9 Å². The summed E-state index contributed by atoms with van der Waals surface area (Å²) < 4.78 is 5.39. The zero-order chi connectivity index (χ0) is 18.4. The molecule has 0 aromatic heterocycles. The van der Waals surface area contributed by atoms with Crippen LogP contribution >= 0.6 is 11.6 Å². The summed E-state index contributed by atoms with van der Waals surface area (Å²) in [5.41, 5.74) is 1.07. The Hall–Kier alpha value is -1.36. The summed E-state index contributed by atoms with van der Waals surface area (Å²) in [6.07, 6.45) is 3.63. The van der Waals surface area contributed by atoms with Crippen LogP contribution in [-0.2, 0) is 4.74 Å². The number of morpholine rings is 1. The van der Waals surface area contributed by atoms with Gasteiger partial charge in [-0.05, 0) is 57.8 Å². The molecular formula is C20H29ClN2O2. The number of anilines is 1. The number of halogens is 1. The molecule has 0 N–H and O–H groups in total. The number of benzene rings is 1. The van der Waals surface area contributed by atoms with E-state index in [1.165, 1.54) is 0 Å². The van der Waals surface area contributed by atoms with Crippen LogP contribution in [0.5, 0.6) is 0 Å². The van der Waals surface area contributed by atoms with Gasteiger partial charge >= 0.3 is 0 Å². The number of Topliss-reactive ketones (excluding diaryl/α,β-unsaturated/α-hetero) is 1. The highest BCUT2D eigenvalue weighted by atomic mass is 35.5. The van der Waals surface area contributed by atoms with Gasteiger partial charge in [-0.1, -0.05) is 24.9 Å². The smallest absolute Gasteiger partial charge is 0.186 e. The van der Waals surface area contributed by atoms with Gasteiger partial charge in [0.1, 0.15) is 5.54 Å². The van der Waals surface area contributed by atoms with Crippen molar-refractivity contribution >= 4 is 23.1 Å². The van der Waals surface area contributed by atoms with E-state index in [4.69, 9.17) is 16.3 Å². The largest absolute Gasteiger partial charge is 0.378 e. The molecule has 1 aliphatic rings. The molecule has 1 aliphatic heterocycles. The van der Waals surface area contributed by atoms with Gasteiger partial charge in [0.05, 0.1) is 13.2 Å². The lowest BCUT2D eigenvalue weighted by atomic mass is 9.89. The predicted molar refractivity (Wildman–Crippen MR) is 105 cm³/mol. The molecule has 1 heterocycles. The van der Waals surface area contributed by atoms with E-state index in [2.05, 4.69) is 11.8 Å². The van der Waals surface area contributed by atoms with Crippen LogP contribution in [0.3, 0.4) is 0 Å². The molecule has 25 heavy (non-hydrogen) atoms. The molecule has 0 aliphatic carbocycles. The van der Waals surface area contributed by atoms with Crippen LogP contribution in [0.1, 0.15) is 37.0 Å². The number of nitrogens with zero attached hydrogens (tertiary/aromatic N) is 2. The van der Waals surface area contributed by atoms with Crippen LogP contribution < -0.4 is 4.90 Å². The minimum absolute atomic E-state index is 0.0558. The van der Waals surface area contributed by atoms with Gasteiger partial charge < -0.3 is 9.64 Å². The molecule has 0 radical (unpaired) electrons. The van der Waals surface area contributed by atoms with E-state index in [9.17, 15) is 4.79 Å². The normalized spacial score (nSPS) is 18.3. The Labute approximate surface area is 156 Å². The minimum Gasteiger partial charge on any atom is -0.378 e. The number of ether oxygens (including phenoxy) is 1. The zero-order valence-electron chi connectivity index (χ0n) is 15.7. The molecular weight excluding hydrogens is 336 g/mol. The summed E-state index contributed by atoms with van der Waals surface area (Å²) in [6.45, 7) is 7.27. The van der Waals surface area contributed by atoms with Crippen molar-refractivity contribution in [2.24, 2.45) is 0 Å². The quantitative estimate of drug-likeness (QED) is 0.686. The van der Waals surface area contributed by atoms with Crippen LogP contribution in [-0.4, -0.2) is 56.6 Å². The van der Waals surface area contributed by atoms with Crippen LogP contribution in [0.4, 0.5) is 5.69 Å². The third-order valence-electron chi connectivity index (χ3n) is 4.82. The van der Waals surface area contributed by atoms with Crippen molar-refractivity contribution in [2.75, 3.05) is 45.3 Å². The number of carbonyl (C=O) groups is 1. The molecule has 1 fully saturated rings. The Morgan fingerprint density at radius 1 is 1.28 bits per heavy atom. The van der Waals surface area contributed by atoms with Gasteiger partial charge in [-0.2, -0.15) is 0 Å². The third kappa shape index (κ3) is 4.84. The maximum atomic E-state index is 13.2. The first-order chi connectivity index (χ1) is 11.9. The SMILES string of the molecule is CCCC(Cl)=CC(C)(C(=O)c1ccc(N2CCOCC2)cc1)N(C)C. The minimum atomic E-state index is -0.757. The van der Waals surface area contributed by atoms with Gasteiger partial charge in [0.25, 0.3) is 0 Å². The Kier molecular flexibility index (Phi) is 7.05. The molecule has 0 bridgehead atoms. The molecule has 1 atom stereocenters. The van der Waals surface area contributed by atoms with Crippen molar-refractivity contribution in [3.8, 4) is 0 Å². The van der Waals surface area contributed by atoms with Gasteiger partial charge in [-0.25, -0.2) is 0 Å². The lowest BCUT2D eigenvalue weighted by Crippen LogP contribution is -2.47. The van der Waals surface area contributed by atoms with Crippen molar-refractivity contribution < 1.29 is 9.53 Å². The van der Waals surface area contributed by atoms with Gasteiger partial charge in [0.15, 0.2) is 5.78 Å². The van der Waals surface area contributed by atoms with Crippen LogP contribution in [0.25, 0.3) is 0 Å². The highest BCUT2D eigenvalue weighted by molar-refractivity contribution is 6.30. The molecule has 1 aromatic rings. The van der Waals surface area contributed by atoms with Crippen LogP contribution in [0, 0.1) is 0 Å². The van der Waals surface area contributed by atoms with Gasteiger partial charge in [0.2, 0.25) is 0 Å². The van der Waals surface area contributed by atoms with E-state index in [0.717, 1.165) is 49.9 Å². The van der Waals surface area contributed by atoms with Gasteiger partial charge in [-0.3, -0.25) is 9.69 Å². The first-order valence-corrected chi connectivity index (χ1v) is 9.28. The fraction of sp³-hybridized carbons (Fsp3) is 0.550. The van der Waals surface area contributed by atoms with E-state index >= 15 is 0 Å². The van der Waals surface area contributed by atoms with Gasteiger partial charge in [0, 0.05) is 29.4 Å². The standard InChI is InChI=1S/C20H29ClN2O2/c1-5-6-17(21)15-20(2,22(3)4)19(24)16-7-9-18(10-8-16)23-11-13-25-14-12-23/h7-10,15H,5-6,11-14H2,1-4H3. The monoisotopic (exact) mass is 364 g/mol. The van der Waals surface area contributed by atoms with Crippen molar-refractivity contribution in [1.29, 1.82) is 0 Å². The molecule has 1 unspecified atom stereocenters. The number of ketones is 1. The summed E-state index contributed by atoms with van der Waals surface area (Å²) in [7, 11) is 3.82. The predicted octanol–water partition coefficient (Wildman–Crippen LogP) is 3.95. The molecule has 0 spiro atoms. The van der Waals surface area contributed by atoms with Gasteiger partial charge in [-0.15, -0.1) is 0 Å². The number of hydrogen-bond donors (Lipinski definition) is 0. The lowest BCUT2D eigenvalue weighted by molar-refractivity contribution is 0.0801. The molecule has 5 heteroatoms. The Bertz CT molecular complexity index is 607. The van der Waals surface area contributed by atoms with E-state index in [0.29, 0.717) is 5.56 Å². The molecule has 1 aromatic carbocycles. The first kappa shape index (κ1) is 20.0. The summed E-state index contributed by atoms with van der Waals surface area (Å²) in [5, 5.41) is 0.733. The highest BCUT2D eigenvalue weighted by Crippen LogP contribution is 2.26. The van der Waals surface area contributed by atoms with Crippen LogP contribution in [0.15, 0.2) is 35.4 Å². The van der Waals surface area contributed by atoms with Crippen molar-refractivity contribution in [1.82, 2.24) is 4.90 Å². The zero-order valence-corrected chi connectivity index (χ0v) is 16.5. The molecule has 0 amide bonds. The van der Waals surface area contributed by atoms with E-state index in [1.807, 2.05) is 56.3 Å². The number of allylic oxidation sites excluding steroid dienone is 1.